The molecule has 2 aromatic rings. The average Bonchev–Trinajstić information content (AvgIpc) is 2.72. The predicted molar refractivity (Wildman–Crippen MR) is 110 cm³/mol. The number of morpholine rings is 1. The van der Waals surface area contributed by atoms with Crippen LogP contribution in [0.4, 0.5) is 11.5 Å². The van der Waals surface area contributed by atoms with Gasteiger partial charge in [0.2, 0.25) is 11.7 Å². The Morgan fingerprint density at radius 3 is 2.79 bits per heavy atom. The Morgan fingerprint density at radius 1 is 1.39 bits per heavy atom. The molecule has 3 N–H and O–H groups in total. The van der Waals surface area contributed by atoms with Crippen molar-refractivity contribution in [1.82, 2.24) is 14.9 Å². The number of aromatic nitrogens is 2. The summed E-state index contributed by atoms with van der Waals surface area (Å²) in [5.41, 5.74) is 7.73. The Bertz CT molecular complexity index is 884. The van der Waals surface area contributed by atoms with E-state index in [-0.39, 0.29) is 11.7 Å². The summed E-state index contributed by atoms with van der Waals surface area (Å²) in [6.45, 7) is 7.31. The molecule has 10 heteroatoms. The van der Waals surface area contributed by atoms with E-state index < -0.39 is 0 Å². The standard InChI is InChI=1S/C18H22ClN7O2/c1-21-17-15(25(2)11-26-6-8-28-9-7-26)14(12-4-3-5-13(19)10-12)22-18(23-17)16(20)24-27/h3-5,10,27H,1,6-9,11H2,2H3,(H2,20,24). The van der Waals surface area contributed by atoms with Crippen molar-refractivity contribution in [2.75, 3.05) is 44.9 Å². The van der Waals surface area contributed by atoms with Gasteiger partial charge in [-0.15, -0.1) is 0 Å². The molecule has 148 valence electrons. The number of benzene rings is 1. The minimum Gasteiger partial charge on any atom is -0.409 e. The number of nitrogens with zero attached hydrogens (tertiary/aromatic N) is 6. The molecule has 0 radical (unpaired) electrons. The van der Waals surface area contributed by atoms with Gasteiger partial charge in [0.05, 0.1) is 19.9 Å². The average molecular weight is 404 g/mol. The first-order chi connectivity index (χ1) is 13.5. The normalized spacial score (nSPS) is 15.4. The van der Waals surface area contributed by atoms with E-state index in [4.69, 9.17) is 27.3 Å². The number of anilines is 1. The van der Waals surface area contributed by atoms with Crippen molar-refractivity contribution in [2.45, 2.75) is 0 Å². The smallest absolute Gasteiger partial charge is 0.208 e. The lowest BCUT2D eigenvalue weighted by Crippen LogP contribution is -2.43. The molecule has 28 heavy (non-hydrogen) atoms. The van der Waals surface area contributed by atoms with Crippen LogP contribution in [-0.4, -0.2) is 72.6 Å². The number of aliphatic imine (C=N–C) groups is 1. The van der Waals surface area contributed by atoms with Gasteiger partial charge >= 0.3 is 0 Å². The van der Waals surface area contributed by atoms with Gasteiger partial charge in [0.15, 0.2) is 5.82 Å². The Kier molecular flexibility index (Phi) is 6.40. The van der Waals surface area contributed by atoms with Gasteiger partial charge < -0.3 is 20.6 Å². The minimum absolute atomic E-state index is 0.0587. The maximum Gasteiger partial charge on any atom is 0.208 e. The van der Waals surface area contributed by atoms with Gasteiger partial charge in [-0.25, -0.2) is 15.0 Å². The fourth-order valence-corrected chi connectivity index (χ4v) is 3.20. The zero-order chi connectivity index (χ0) is 20.1. The van der Waals surface area contributed by atoms with E-state index in [0.29, 0.717) is 42.1 Å². The molecule has 3 rings (SSSR count). The second-order valence-corrected chi connectivity index (χ2v) is 6.73. The lowest BCUT2D eigenvalue weighted by atomic mass is 10.1. The van der Waals surface area contributed by atoms with Crippen molar-refractivity contribution in [3.8, 4) is 11.3 Å². The maximum atomic E-state index is 9.04. The highest BCUT2D eigenvalue weighted by Gasteiger charge is 2.22. The Morgan fingerprint density at radius 2 is 2.14 bits per heavy atom. The number of hydrogen-bond donors (Lipinski definition) is 2. The molecule has 1 fully saturated rings. The summed E-state index contributed by atoms with van der Waals surface area (Å²) < 4.78 is 5.41. The molecular weight excluding hydrogens is 382 g/mol. The van der Waals surface area contributed by atoms with Crippen LogP contribution in [0, 0.1) is 0 Å². The minimum atomic E-state index is -0.212. The second kappa shape index (κ2) is 8.96. The van der Waals surface area contributed by atoms with Crippen molar-refractivity contribution < 1.29 is 9.94 Å². The molecule has 1 aliphatic rings. The van der Waals surface area contributed by atoms with Crippen LogP contribution < -0.4 is 10.6 Å². The van der Waals surface area contributed by atoms with Gasteiger partial charge in [-0.05, 0) is 18.9 Å². The first-order valence-corrected chi connectivity index (χ1v) is 9.05. The Balaban J connectivity index is 2.11. The third-order valence-corrected chi connectivity index (χ3v) is 4.58. The summed E-state index contributed by atoms with van der Waals surface area (Å²) in [5.74, 6) is 0.182. The molecule has 1 aromatic carbocycles. The highest BCUT2D eigenvalue weighted by molar-refractivity contribution is 6.30. The van der Waals surface area contributed by atoms with Crippen LogP contribution in [0.2, 0.25) is 5.02 Å². The molecule has 1 aliphatic heterocycles. The van der Waals surface area contributed by atoms with Crippen LogP contribution in [0.1, 0.15) is 5.82 Å². The molecular formula is C18H22ClN7O2. The number of ether oxygens (including phenoxy) is 1. The largest absolute Gasteiger partial charge is 0.409 e. The first-order valence-electron chi connectivity index (χ1n) is 8.67. The highest BCUT2D eigenvalue weighted by atomic mass is 35.5. The van der Waals surface area contributed by atoms with Crippen LogP contribution in [0.5, 0.6) is 0 Å². The van der Waals surface area contributed by atoms with E-state index in [0.717, 1.165) is 18.7 Å². The molecule has 0 amide bonds. The van der Waals surface area contributed by atoms with E-state index >= 15 is 0 Å². The van der Waals surface area contributed by atoms with Gasteiger partial charge in [-0.1, -0.05) is 28.9 Å². The van der Waals surface area contributed by atoms with Crippen LogP contribution in [0.15, 0.2) is 34.4 Å². The SMILES string of the molecule is C=Nc1nc(/C(N)=N/O)nc(-c2cccc(Cl)c2)c1N(C)CN1CCOCC1. The number of rotatable bonds is 6. The van der Waals surface area contributed by atoms with E-state index in [2.05, 4.69) is 31.7 Å². The third-order valence-electron chi connectivity index (χ3n) is 4.35. The fraction of sp³-hybridized carbons (Fsp3) is 0.333. The lowest BCUT2D eigenvalue weighted by molar-refractivity contribution is 0.0386. The molecule has 0 unspecified atom stereocenters. The van der Waals surface area contributed by atoms with Gasteiger partial charge in [-0.3, -0.25) is 4.90 Å². The summed E-state index contributed by atoms with van der Waals surface area (Å²) >= 11 is 6.18. The molecule has 9 nitrogen and oxygen atoms in total. The Labute approximate surface area is 168 Å². The molecule has 0 aliphatic carbocycles. The molecule has 0 saturated carbocycles. The molecule has 2 heterocycles. The summed E-state index contributed by atoms with van der Waals surface area (Å²) in [5, 5.41) is 12.6. The fourth-order valence-electron chi connectivity index (χ4n) is 3.01. The molecule has 0 atom stereocenters. The molecule has 1 aromatic heterocycles. The van der Waals surface area contributed by atoms with E-state index in [9.17, 15) is 0 Å². The zero-order valence-corrected chi connectivity index (χ0v) is 16.3. The van der Waals surface area contributed by atoms with E-state index in [1.807, 2.05) is 24.1 Å². The summed E-state index contributed by atoms with van der Waals surface area (Å²) in [7, 11) is 1.93. The number of amidine groups is 1. The van der Waals surface area contributed by atoms with Crippen LogP contribution in [0.3, 0.4) is 0 Å². The van der Waals surface area contributed by atoms with Gasteiger partial charge in [0, 0.05) is 30.7 Å². The number of hydrogen-bond acceptors (Lipinski definition) is 8. The molecule has 0 bridgehead atoms. The van der Waals surface area contributed by atoms with Crippen molar-refractivity contribution in [3.63, 3.8) is 0 Å². The maximum absolute atomic E-state index is 9.04. The summed E-state index contributed by atoms with van der Waals surface area (Å²) in [6.07, 6.45) is 0. The predicted octanol–water partition coefficient (Wildman–Crippen LogP) is 1.95. The number of nitrogens with two attached hydrogens (primary N) is 1. The van der Waals surface area contributed by atoms with Gasteiger partial charge in [-0.2, -0.15) is 0 Å². The van der Waals surface area contributed by atoms with Crippen LogP contribution in [-0.2, 0) is 4.74 Å². The van der Waals surface area contributed by atoms with E-state index in [1.165, 1.54) is 0 Å². The van der Waals surface area contributed by atoms with Crippen LogP contribution >= 0.6 is 11.6 Å². The summed E-state index contributed by atoms with van der Waals surface area (Å²) in [6, 6.07) is 7.28. The topological polar surface area (TPSA) is 112 Å². The van der Waals surface area contributed by atoms with Gasteiger partial charge in [0.25, 0.3) is 0 Å². The van der Waals surface area contributed by atoms with Crippen molar-refractivity contribution in [1.29, 1.82) is 0 Å². The molecule has 0 spiro atoms. The Hall–Kier alpha value is -2.75. The molecule has 1 saturated heterocycles. The van der Waals surface area contributed by atoms with Gasteiger partial charge in [0.1, 0.15) is 11.4 Å². The first kappa shape index (κ1) is 20.0. The second-order valence-electron chi connectivity index (χ2n) is 6.29. The zero-order valence-electron chi connectivity index (χ0n) is 15.5. The van der Waals surface area contributed by atoms with E-state index in [1.54, 1.807) is 12.1 Å². The lowest BCUT2D eigenvalue weighted by Gasteiger charge is -2.32. The monoisotopic (exact) mass is 403 g/mol. The number of oxime groups is 1. The van der Waals surface area contributed by atoms with Crippen molar-refractivity contribution >= 4 is 35.7 Å². The quantitative estimate of drug-likeness (QED) is 0.328. The van der Waals surface area contributed by atoms with Crippen molar-refractivity contribution in [3.05, 3.63) is 35.1 Å². The summed E-state index contributed by atoms with van der Waals surface area (Å²) in [4.78, 5) is 17.2. The van der Waals surface area contributed by atoms with Crippen molar-refractivity contribution in [2.24, 2.45) is 15.9 Å². The van der Waals surface area contributed by atoms with Crippen LogP contribution in [0.25, 0.3) is 11.3 Å². The highest BCUT2D eigenvalue weighted by Crippen LogP contribution is 2.36. The third kappa shape index (κ3) is 4.38. The number of halogens is 1.